The number of piperidine rings is 1. The molecule has 2 heterocycles. The van der Waals surface area contributed by atoms with Crippen molar-refractivity contribution in [3.8, 4) is 5.75 Å². The first kappa shape index (κ1) is 19.3. The van der Waals surface area contributed by atoms with Crippen LogP contribution in [0.25, 0.3) is 10.9 Å². The number of rotatable bonds is 4. The first-order valence-corrected chi connectivity index (χ1v) is 11.6. The highest BCUT2D eigenvalue weighted by atomic mass is 79.9. The second kappa shape index (κ2) is 7.44. The molecular formula is C21H23BrN2O3S. The highest BCUT2D eigenvalue weighted by molar-refractivity contribution is 9.10. The van der Waals surface area contributed by atoms with E-state index in [1.54, 1.807) is 31.5 Å². The van der Waals surface area contributed by atoms with Crippen LogP contribution in [0.5, 0.6) is 5.75 Å². The summed E-state index contributed by atoms with van der Waals surface area (Å²) in [5, 5.41) is 0.919. The highest BCUT2D eigenvalue weighted by Crippen LogP contribution is 2.35. The van der Waals surface area contributed by atoms with Crippen molar-refractivity contribution in [2.45, 2.75) is 31.1 Å². The molecular weight excluding hydrogens is 440 g/mol. The minimum absolute atomic E-state index is 0.272. The van der Waals surface area contributed by atoms with E-state index in [1.165, 1.54) is 10.4 Å². The van der Waals surface area contributed by atoms with Crippen LogP contribution in [-0.4, -0.2) is 32.6 Å². The Labute approximate surface area is 174 Å². The van der Waals surface area contributed by atoms with E-state index in [4.69, 9.17) is 4.74 Å². The summed E-state index contributed by atoms with van der Waals surface area (Å²) in [7, 11) is -2.10. The van der Waals surface area contributed by atoms with Gasteiger partial charge < -0.3 is 9.64 Å². The van der Waals surface area contributed by atoms with E-state index < -0.39 is 10.0 Å². The van der Waals surface area contributed by atoms with E-state index in [9.17, 15) is 8.42 Å². The minimum Gasteiger partial charge on any atom is -0.495 e. The molecule has 0 N–H and O–H groups in total. The molecule has 1 fully saturated rings. The Balaban J connectivity index is 1.84. The molecule has 0 amide bonds. The smallest absolute Gasteiger partial charge is 0.268 e. The third kappa shape index (κ3) is 3.31. The number of hydrogen-bond donors (Lipinski definition) is 0. The summed E-state index contributed by atoms with van der Waals surface area (Å²) in [6.45, 7) is 3.76. The zero-order chi connectivity index (χ0) is 19.9. The van der Waals surface area contributed by atoms with Gasteiger partial charge in [0, 0.05) is 29.1 Å². The minimum atomic E-state index is -3.72. The van der Waals surface area contributed by atoms with E-state index in [0.717, 1.165) is 47.0 Å². The number of halogens is 1. The summed E-state index contributed by atoms with van der Waals surface area (Å²) in [6.07, 6.45) is 5.12. The molecule has 148 valence electrons. The van der Waals surface area contributed by atoms with Crippen molar-refractivity contribution in [1.82, 2.24) is 3.97 Å². The molecule has 7 heteroatoms. The standard InChI is InChI=1S/C21H23BrN2O3S/c1-15-14-24(19-8-6-16(22)12-18(15)19)28(25,26)17-7-9-21(27-2)20(13-17)23-10-4-3-5-11-23/h6-9,12-14H,3-5,10-11H2,1-2H3. The van der Waals surface area contributed by atoms with Gasteiger partial charge in [0.1, 0.15) is 5.75 Å². The van der Waals surface area contributed by atoms with Crippen LogP contribution < -0.4 is 9.64 Å². The Morgan fingerprint density at radius 1 is 1.04 bits per heavy atom. The lowest BCUT2D eigenvalue weighted by atomic mass is 10.1. The van der Waals surface area contributed by atoms with Crippen LogP contribution in [0.3, 0.4) is 0 Å². The van der Waals surface area contributed by atoms with Crippen molar-refractivity contribution < 1.29 is 13.2 Å². The third-order valence-corrected chi connectivity index (χ3v) is 7.50. The molecule has 0 aliphatic carbocycles. The van der Waals surface area contributed by atoms with Gasteiger partial charge in [0.15, 0.2) is 0 Å². The summed E-state index contributed by atoms with van der Waals surface area (Å²) < 4.78 is 34.8. The summed E-state index contributed by atoms with van der Waals surface area (Å²) in [4.78, 5) is 2.49. The van der Waals surface area contributed by atoms with E-state index >= 15 is 0 Å². The molecule has 1 aliphatic heterocycles. The lowest BCUT2D eigenvalue weighted by molar-refractivity contribution is 0.412. The van der Waals surface area contributed by atoms with Crippen LogP contribution in [0.4, 0.5) is 5.69 Å². The topological polar surface area (TPSA) is 51.5 Å². The number of methoxy groups -OCH3 is 1. The number of benzene rings is 2. The van der Waals surface area contributed by atoms with Crippen molar-refractivity contribution in [3.05, 3.63) is 52.6 Å². The van der Waals surface area contributed by atoms with E-state index in [0.29, 0.717) is 11.3 Å². The Morgan fingerprint density at radius 3 is 2.50 bits per heavy atom. The number of nitrogens with zero attached hydrogens (tertiary/aromatic N) is 2. The first-order chi connectivity index (χ1) is 13.4. The average molecular weight is 463 g/mol. The summed E-state index contributed by atoms with van der Waals surface area (Å²) >= 11 is 3.46. The number of anilines is 1. The molecule has 1 aliphatic rings. The molecule has 0 spiro atoms. The lowest BCUT2D eigenvalue weighted by Gasteiger charge is -2.30. The van der Waals surface area contributed by atoms with Crippen LogP contribution in [-0.2, 0) is 10.0 Å². The zero-order valence-corrected chi connectivity index (χ0v) is 18.4. The predicted molar refractivity (Wildman–Crippen MR) is 116 cm³/mol. The van der Waals surface area contributed by atoms with Crippen molar-refractivity contribution in [1.29, 1.82) is 0 Å². The fourth-order valence-corrected chi connectivity index (χ4v) is 5.66. The van der Waals surface area contributed by atoms with Crippen molar-refractivity contribution in [3.63, 3.8) is 0 Å². The molecule has 3 aromatic rings. The Kier molecular flexibility index (Phi) is 5.14. The van der Waals surface area contributed by atoms with E-state index in [-0.39, 0.29) is 4.90 Å². The molecule has 5 nitrogen and oxygen atoms in total. The van der Waals surface area contributed by atoms with Crippen LogP contribution in [0.2, 0.25) is 0 Å². The molecule has 4 rings (SSSR count). The maximum absolute atomic E-state index is 13.5. The second-order valence-electron chi connectivity index (χ2n) is 7.16. The third-order valence-electron chi connectivity index (χ3n) is 5.34. The summed E-state index contributed by atoms with van der Waals surface area (Å²) in [5.41, 5.74) is 2.44. The number of aromatic nitrogens is 1. The van der Waals surface area contributed by atoms with Gasteiger partial charge in [-0.05, 0) is 68.1 Å². The predicted octanol–water partition coefficient (Wildman–Crippen LogP) is 4.95. The van der Waals surface area contributed by atoms with E-state index in [1.807, 2.05) is 25.1 Å². The molecule has 0 unspecified atom stereocenters. The van der Waals surface area contributed by atoms with Crippen molar-refractivity contribution in [2.75, 3.05) is 25.1 Å². The lowest BCUT2D eigenvalue weighted by Crippen LogP contribution is -2.30. The average Bonchev–Trinajstić information content (AvgIpc) is 3.05. The molecule has 0 bridgehead atoms. The molecule has 1 aromatic heterocycles. The number of aryl methyl sites for hydroxylation is 1. The van der Waals surface area contributed by atoms with Gasteiger partial charge in [-0.3, -0.25) is 0 Å². The first-order valence-electron chi connectivity index (χ1n) is 9.37. The van der Waals surface area contributed by atoms with Gasteiger partial charge in [-0.15, -0.1) is 0 Å². The highest BCUT2D eigenvalue weighted by Gasteiger charge is 2.24. The maximum Gasteiger partial charge on any atom is 0.268 e. The van der Waals surface area contributed by atoms with Gasteiger partial charge in [0.05, 0.1) is 23.2 Å². The molecule has 0 saturated carbocycles. The van der Waals surface area contributed by atoms with Crippen molar-refractivity contribution in [2.24, 2.45) is 0 Å². The number of ether oxygens (including phenoxy) is 1. The van der Waals surface area contributed by atoms with Gasteiger partial charge in [0.25, 0.3) is 10.0 Å². The van der Waals surface area contributed by atoms with Gasteiger partial charge in [-0.25, -0.2) is 12.4 Å². The monoisotopic (exact) mass is 462 g/mol. The molecule has 28 heavy (non-hydrogen) atoms. The Bertz CT molecular complexity index is 1130. The van der Waals surface area contributed by atoms with Crippen LogP contribution in [0, 0.1) is 6.92 Å². The zero-order valence-electron chi connectivity index (χ0n) is 16.0. The van der Waals surface area contributed by atoms with Crippen LogP contribution in [0.15, 0.2) is 52.0 Å². The van der Waals surface area contributed by atoms with Gasteiger partial charge >= 0.3 is 0 Å². The summed E-state index contributed by atoms with van der Waals surface area (Å²) in [5.74, 6) is 0.707. The number of hydrogen-bond acceptors (Lipinski definition) is 4. The Morgan fingerprint density at radius 2 is 1.79 bits per heavy atom. The molecule has 1 saturated heterocycles. The SMILES string of the molecule is COc1ccc(S(=O)(=O)n2cc(C)c3cc(Br)ccc32)cc1N1CCCCC1. The molecule has 2 aromatic carbocycles. The largest absolute Gasteiger partial charge is 0.495 e. The molecule has 0 atom stereocenters. The van der Waals surface area contributed by atoms with Crippen LogP contribution in [0.1, 0.15) is 24.8 Å². The van der Waals surface area contributed by atoms with Gasteiger partial charge in [-0.2, -0.15) is 0 Å². The van der Waals surface area contributed by atoms with Crippen LogP contribution >= 0.6 is 15.9 Å². The van der Waals surface area contributed by atoms with Gasteiger partial charge in [-0.1, -0.05) is 15.9 Å². The fraction of sp³-hybridized carbons (Fsp3) is 0.333. The van der Waals surface area contributed by atoms with Gasteiger partial charge in [0.2, 0.25) is 0 Å². The van der Waals surface area contributed by atoms with E-state index in [2.05, 4.69) is 20.8 Å². The van der Waals surface area contributed by atoms with Crippen molar-refractivity contribution >= 4 is 42.5 Å². The number of fused-ring (bicyclic) bond motifs is 1. The fourth-order valence-electron chi connectivity index (χ4n) is 3.86. The normalized spacial score (nSPS) is 15.2. The summed E-state index contributed by atoms with van der Waals surface area (Å²) in [6, 6.07) is 10.8. The second-order valence-corrected chi connectivity index (χ2v) is 9.89. The quantitative estimate of drug-likeness (QED) is 0.550. The molecule has 0 radical (unpaired) electrons. The Hall–Kier alpha value is -1.99. The maximum atomic E-state index is 13.5.